The zero-order valence-corrected chi connectivity index (χ0v) is 15.0. The van der Waals surface area contributed by atoms with Gasteiger partial charge in [0.15, 0.2) is 9.84 Å². The summed E-state index contributed by atoms with van der Waals surface area (Å²) in [6.07, 6.45) is 4.83. The second-order valence-electron chi connectivity index (χ2n) is 6.55. The molecule has 1 atom stereocenters. The Balaban J connectivity index is 2.03. The highest BCUT2D eigenvalue weighted by molar-refractivity contribution is 7.90. The molecule has 23 heavy (non-hydrogen) atoms. The van der Waals surface area contributed by atoms with Gasteiger partial charge in [0.2, 0.25) is 5.91 Å². The van der Waals surface area contributed by atoms with Gasteiger partial charge in [-0.3, -0.25) is 4.79 Å². The maximum Gasteiger partial charge on any atom is 0.227 e. The average Bonchev–Trinajstić information content (AvgIpc) is 2.73. The van der Waals surface area contributed by atoms with E-state index in [2.05, 4.69) is 19.0 Å². The fourth-order valence-electron chi connectivity index (χ4n) is 2.91. The average molecular weight is 338 g/mol. The first kappa shape index (κ1) is 17.9. The molecule has 0 spiro atoms. The van der Waals surface area contributed by atoms with E-state index in [0.29, 0.717) is 12.5 Å². The second kappa shape index (κ2) is 7.45. The molecular formula is C17H26N2O3S. The number of likely N-dealkylation sites (N-methyl/N-ethyl adjacent to an activating group) is 1. The highest BCUT2D eigenvalue weighted by atomic mass is 32.2. The molecule has 1 aliphatic rings. The van der Waals surface area contributed by atoms with Crippen LogP contribution in [0, 0.1) is 0 Å². The van der Waals surface area contributed by atoms with Gasteiger partial charge in [0.25, 0.3) is 0 Å². The van der Waals surface area contributed by atoms with Crippen LogP contribution in [-0.4, -0.2) is 63.6 Å². The Kier molecular flexibility index (Phi) is 5.81. The van der Waals surface area contributed by atoms with Gasteiger partial charge in [0.1, 0.15) is 0 Å². The quantitative estimate of drug-likeness (QED) is 0.836. The first-order valence-corrected chi connectivity index (χ1v) is 9.89. The normalized spacial score (nSPS) is 19.7. The van der Waals surface area contributed by atoms with E-state index in [9.17, 15) is 13.2 Å². The van der Waals surface area contributed by atoms with Gasteiger partial charge in [-0.25, -0.2) is 8.42 Å². The van der Waals surface area contributed by atoms with Crippen molar-refractivity contribution in [1.29, 1.82) is 0 Å². The molecule has 0 N–H and O–H groups in total. The molecule has 1 aliphatic heterocycles. The Morgan fingerprint density at radius 2 is 1.87 bits per heavy atom. The van der Waals surface area contributed by atoms with Gasteiger partial charge < -0.3 is 9.80 Å². The lowest BCUT2D eigenvalue weighted by Crippen LogP contribution is -2.42. The summed E-state index contributed by atoms with van der Waals surface area (Å²) >= 11 is 0. The summed E-state index contributed by atoms with van der Waals surface area (Å²) in [5, 5.41) is 0. The molecule has 1 aromatic carbocycles. The van der Waals surface area contributed by atoms with Crippen LogP contribution >= 0.6 is 0 Å². The predicted molar refractivity (Wildman–Crippen MR) is 91.2 cm³/mol. The zero-order chi connectivity index (χ0) is 17.0. The monoisotopic (exact) mass is 338 g/mol. The van der Waals surface area contributed by atoms with Crippen molar-refractivity contribution in [3.05, 3.63) is 29.8 Å². The topological polar surface area (TPSA) is 57.7 Å². The van der Waals surface area contributed by atoms with Crippen LogP contribution in [0.15, 0.2) is 29.2 Å². The van der Waals surface area contributed by atoms with Crippen molar-refractivity contribution in [2.45, 2.75) is 36.6 Å². The molecule has 128 valence electrons. The SMILES string of the molecule is CN(C)[C@H]1CCCCN(C(=O)Cc2ccc(S(C)(=O)=O)cc2)C1. The Labute approximate surface area is 139 Å². The molecule has 0 saturated carbocycles. The Bertz CT molecular complexity index is 638. The number of likely N-dealkylation sites (tertiary alicyclic amines) is 1. The van der Waals surface area contributed by atoms with Crippen LogP contribution < -0.4 is 0 Å². The number of carbonyl (C=O) groups is 1. The van der Waals surface area contributed by atoms with Crippen molar-refractivity contribution in [3.63, 3.8) is 0 Å². The Morgan fingerprint density at radius 1 is 1.22 bits per heavy atom. The first-order valence-electron chi connectivity index (χ1n) is 8.00. The van der Waals surface area contributed by atoms with Crippen LogP contribution in [0.25, 0.3) is 0 Å². The van der Waals surface area contributed by atoms with E-state index in [0.717, 1.165) is 37.9 Å². The Morgan fingerprint density at radius 3 is 2.43 bits per heavy atom. The van der Waals surface area contributed by atoms with Crippen molar-refractivity contribution < 1.29 is 13.2 Å². The number of benzene rings is 1. The standard InChI is InChI=1S/C17H26N2O3S/c1-18(2)15-6-4-5-11-19(13-15)17(20)12-14-7-9-16(10-8-14)23(3,21)22/h7-10,15H,4-6,11-13H2,1-3H3/t15-/m0/s1. The molecule has 1 aromatic rings. The number of carbonyl (C=O) groups excluding carboxylic acids is 1. The molecule has 1 saturated heterocycles. The lowest BCUT2D eigenvalue weighted by Gasteiger charge is -2.28. The van der Waals surface area contributed by atoms with Gasteiger partial charge in [0.05, 0.1) is 11.3 Å². The van der Waals surface area contributed by atoms with Gasteiger partial charge in [0, 0.05) is 25.4 Å². The molecule has 0 bridgehead atoms. The third kappa shape index (κ3) is 5.04. The van der Waals surface area contributed by atoms with E-state index in [1.54, 1.807) is 24.3 Å². The number of hydrogen-bond donors (Lipinski definition) is 0. The highest BCUT2D eigenvalue weighted by Gasteiger charge is 2.23. The van der Waals surface area contributed by atoms with Crippen molar-refractivity contribution in [1.82, 2.24) is 9.80 Å². The maximum atomic E-state index is 12.6. The van der Waals surface area contributed by atoms with Gasteiger partial charge in [-0.1, -0.05) is 18.6 Å². The van der Waals surface area contributed by atoms with Crippen molar-refractivity contribution >= 4 is 15.7 Å². The molecule has 0 aliphatic carbocycles. The van der Waals surface area contributed by atoms with E-state index in [1.807, 2.05) is 4.90 Å². The fraction of sp³-hybridized carbons (Fsp3) is 0.588. The van der Waals surface area contributed by atoms with E-state index < -0.39 is 9.84 Å². The Hall–Kier alpha value is -1.40. The van der Waals surface area contributed by atoms with Crippen molar-refractivity contribution in [2.24, 2.45) is 0 Å². The molecule has 6 heteroatoms. The van der Waals surface area contributed by atoms with Crippen LogP contribution in [0.4, 0.5) is 0 Å². The molecule has 1 fully saturated rings. The summed E-state index contributed by atoms with van der Waals surface area (Å²) in [4.78, 5) is 17.0. The smallest absolute Gasteiger partial charge is 0.227 e. The third-order valence-electron chi connectivity index (χ3n) is 4.44. The van der Waals surface area contributed by atoms with Crippen LogP contribution in [0.5, 0.6) is 0 Å². The predicted octanol–water partition coefficient (Wildman–Crippen LogP) is 1.58. The summed E-state index contributed by atoms with van der Waals surface area (Å²) in [5.74, 6) is 0.117. The highest BCUT2D eigenvalue weighted by Crippen LogP contribution is 2.16. The molecule has 2 rings (SSSR count). The number of hydrogen-bond acceptors (Lipinski definition) is 4. The number of sulfone groups is 1. The molecule has 1 heterocycles. The van der Waals surface area contributed by atoms with E-state index in [1.165, 1.54) is 6.26 Å². The third-order valence-corrected chi connectivity index (χ3v) is 5.56. The van der Waals surface area contributed by atoms with E-state index >= 15 is 0 Å². The van der Waals surface area contributed by atoms with Crippen LogP contribution in [0.1, 0.15) is 24.8 Å². The summed E-state index contributed by atoms with van der Waals surface area (Å²) in [6.45, 7) is 1.58. The first-order chi connectivity index (χ1) is 10.8. The van der Waals surface area contributed by atoms with E-state index in [4.69, 9.17) is 0 Å². The molecule has 0 unspecified atom stereocenters. The molecule has 0 radical (unpaired) electrons. The van der Waals surface area contributed by atoms with Gasteiger partial charge in [-0.2, -0.15) is 0 Å². The number of amides is 1. The largest absolute Gasteiger partial charge is 0.341 e. The summed E-state index contributed by atoms with van der Waals surface area (Å²) in [6, 6.07) is 7.02. The lowest BCUT2D eigenvalue weighted by atomic mass is 10.1. The van der Waals surface area contributed by atoms with Crippen LogP contribution in [0.2, 0.25) is 0 Å². The number of nitrogens with zero attached hydrogens (tertiary/aromatic N) is 2. The van der Waals surface area contributed by atoms with Crippen LogP contribution in [0.3, 0.4) is 0 Å². The lowest BCUT2D eigenvalue weighted by molar-refractivity contribution is -0.131. The second-order valence-corrected chi connectivity index (χ2v) is 8.56. The van der Waals surface area contributed by atoms with Crippen molar-refractivity contribution in [3.8, 4) is 0 Å². The van der Waals surface area contributed by atoms with Gasteiger partial charge >= 0.3 is 0 Å². The fourth-order valence-corrected chi connectivity index (χ4v) is 3.54. The van der Waals surface area contributed by atoms with Gasteiger partial charge in [-0.05, 0) is 44.6 Å². The summed E-state index contributed by atoms with van der Waals surface area (Å²) in [7, 11) is 0.925. The molecular weight excluding hydrogens is 312 g/mol. The zero-order valence-electron chi connectivity index (χ0n) is 14.2. The maximum absolute atomic E-state index is 12.6. The molecule has 0 aromatic heterocycles. The van der Waals surface area contributed by atoms with Gasteiger partial charge in [-0.15, -0.1) is 0 Å². The summed E-state index contributed by atoms with van der Waals surface area (Å²) < 4.78 is 22.9. The van der Waals surface area contributed by atoms with Crippen LogP contribution in [-0.2, 0) is 21.1 Å². The molecule has 1 amide bonds. The van der Waals surface area contributed by atoms with Crippen molar-refractivity contribution in [2.75, 3.05) is 33.4 Å². The minimum atomic E-state index is -3.19. The summed E-state index contributed by atoms with van der Waals surface area (Å²) in [5.41, 5.74) is 0.855. The number of rotatable bonds is 4. The molecule has 5 nitrogen and oxygen atoms in total. The minimum Gasteiger partial charge on any atom is -0.341 e. The van der Waals surface area contributed by atoms with E-state index in [-0.39, 0.29) is 10.8 Å². The minimum absolute atomic E-state index is 0.117.